The van der Waals surface area contributed by atoms with Gasteiger partial charge in [0.25, 0.3) is 0 Å². The molecule has 0 fully saturated rings. The fraction of sp³-hybridized carbons (Fsp3) is 0.200. The van der Waals surface area contributed by atoms with Crippen molar-refractivity contribution in [3.63, 3.8) is 0 Å². The van der Waals surface area contributed by atoms with E-state index in [0.29, 0.717) is 5.56 Å². The molecule has 2 aromatic rings. The molecule has 1 N–H and O–H groups in total. The average molecular weight is 327 g/mol. The maximum absolute atomic E-state index is 13.6. The van der Waals surface area contributed by atoms with Gasteiger partial charge in [-0.25, -0.2) is 8.78 Å². The van der Waals surface area contributed by atoms with Crippen molar-refractivity contribution in [2.24, 2.45) is 0 Å². The molecule has 1 nitrogen and oxygen atoms in total. The lowest BCUT2D eigenvalue weighted by Gasteiger charge is -2.24. The second kappa shape index (κ2) is 5.39. The Morgan fingerprint density at radius 1 is 1.16 bits per heavy atom. The van der Waals surface area contributed by atoms with Gasteiger partial charge in [-0.15, -0.1) is 0 Å². The minimum Gasteiger partial charge on any atom is -0.385 e. The Hall–Kier alpha value is -1.26. The second-order valence-corrected chi connectivity index (χ2v) is 5.61. The van der Waals surface area contributed by atoms with Crippen LogP contribution in [0.25, 0.3) is 0 Å². The van der Waals surface area contributed by atoms with Crippen LogP contribution >= 0.6 is 15.9 Å². The normalized spacial score (nSPS) is 14.2. The summed E-state index contributed by atoms with van der Waals surface area (Å²) in [5, 5.41) is 10.5. The summed E-state index contributed by atoms with van der Waals surface area (Å²) in [4.78, 5) is 0. The van der Waals surface area contributed by atoms with Crippen molar-refractivity contribution in [1.82, 2.24) is 0 Å². The molecule has 0 aliphatic heterocycles. The monoisotopic (exact) mass is 326 g/mol. The quantitative estimate of drug-likeness (QED) is 0.897. The zero-order valence-corrected chi connectivity index (χ0v) is 11.9. The molecule has 0 heterocycles. The smallest absolute Gasteiger partial charge is 0.129 e. The largest absolute Gasteiger partial charge is 0.385 e. The minimum absolute atomic E-state index is 0.0789. The average Bonchev–Trinajstić information content (AvgIpc) is 2.33. The maximum atomic E-state index is 13.6. The van der Waals surface area contributed by atoms with Gasteiger partial charge >= 0.3 is 0 Å². The predicted octanol–water partition coefficient (Wildman–Crippen LogP) is 4.18. The lowest BCUT2D eigenvalue weighted by molar-refractivity contribution is 0.0566. The van der Waals surface area contributed by atoms with Crippen molar-refractivity contribution in [2.45, 2.75) is 18.9 Å². The van der Waals surface area contributed by atoms with Gasteiger partial charge in [-0.3, -0.25) is 0 Å². The molecule has 0 spiro atoms. The SMILES string of the molecule is CC(O)(Cc1ccc(F)cc1F)c1cccc(Br)c1. The van der Waals surface area contributed by atoms with Crippen molar-refractivity contribution < 1.29 is 13.9 Å². The van der Waals surface area contributed by atoms with Crippen molar-refractivity contribution in [3.05, 3.63) is 69.7 Å². The topological polar surface area (TPSA) is 20.2 Å². The van der Waals surface area contributed by atoms with Crippen LogP contribution in [0.3, 0.4) is 0 Å². The summed E-state index contributed by atoms with van der Waals surface area (Å²) in [7, 11) is 0. The third-order valence-electron chi connectivity index (χ3n) is 3.00. The molecule has 0 radical (unpaired) electrons. The molecule has 0 saturated carbocycles. The van der Waals surface area contributed by atoms with E-state index in [0.717, 1.165) is 10.5 Å². The molecule has 100 valence electrons. The van der Waals surface area contributed by atoms with Crippen LogP contribution in [0, 0.1) is 11.6 Å². The van der Waals surface area contributed by atoms with E-state index in [4.69, 9.17) is 0 Å². The van der Waals surface area contributed by atoms with E-state index in [9.17, 15) is 13.9 Å². The molecule has 2 aromatic carbocycles. The fourth-order valence-corrected chi connectivity index (χ4v) is 2.36. The lowest BCUT2D eigenvalue weighted by atomic mass is 9.89. The first-order chi connectivity index (χ1) is 8.88. The first-order valence-electron chi connectivity index (χ1n) is 5.81. The number of rotatable bonds is 3. The van der Waals surface area contributed by atoms with Gasteiger partial charge in [-0.1, -0.05) is 34.1 Å². The van der Waals surface area contributed by atoms with E-state index in [1.54, 1.807) is 25.1 Å². The van der Waals surface area contributed by atoms with Crippen LogP contribution in [0.15, 0.2) is 46.9 Å². The molecular weight excluding hydrogens is 314 g/mol. The highest BCUT2D eigenvalue weighted by Gasteiger charge is 2.25. The second-order valence-electron chi connectivity index (χ2n) is 4.70. The van der Waals surface area contributed by atoms with Crippen LogP contribution in [-0.2, 0) is 12.0 Å². The van der Waals surface area contributed by atoms with E-state index >= 15 is 0 Å². The Balaban J connectivity index is 2.30. The molecule has 1 atom stereocenters. The van der Waals surface area contributed by atoms with Gasteiger partial charge in [-0.2, -0.15) is 0 Å². The zero-order chi connectivity index (χ0) is 14.0. The first kappa shape index (κ1) is 14.2. The predicted molar refractivity (Wildman–Crippen MR) is 73.8 cm³/mol. The molecule has 0 aromatic heterocycles. The minimum atomic E-state index is -1.22. The van der Waals surface area contributed by atoms with Gasteiger partial charge in [0.05, 0.1) is 5.60 Å². The van der Waals surface area contributed by atoms with Gasteiger partial charge < -0.3 is 5.11 Å². The summed E-state index contributed by atoms with van der Waals surface area (Å²) in [6.45, 7) is 1.61. The molecule has 0 aliphatic carbocycles. The molecule has 0 bridgehead atoms. The maximum Gasteiger partial charge on any atom is 0.129 e. The third-order valence-corrected chi connectivity index (χ3v) is 3.49. The highest BCUT2D eigenvalue weighted by atomic mass is 79.9. The Labute approximate surface area is 119 Å². The van der Waals surface area contributed by atoms with Gasteiger partial charge in [0.15, 0.2) is 0 Å². The van der Waals surface area contributed by atoms with Gasteiger partial charge in [0, 0.05) is 17.0 Å². The van der Waals surface area contributed by atoms with Crippen LogP contribution < -0.4 is 0 Å². The molecule has 0 aliphatic rings. The Bertz CT molecular complexity index is 596. The Kier molecular flexibility index (Phi) is 4.02. The molecule has 1 unspecified atom stereocenters. The summed E-state index contributed by atoms with van der Waals surface area (Å²) in [6.07, 6.45) is 0.0789. The molecular formula is C15H13BrF2O. The summed E-state index contributed by atoms with van der Waals surface area (Å²) < 4.78 is 27.3. The summed E-state index contributed by atoms with van der Waals surface area (Å²) >= 11 is 3.33. The summed E-state index contributed by atoms with van der Waals surface area (Å²) in [5.74, 6) is -1.27. The Morgan fingerprint density at radius 2 is 1.89 bits per heavy atom. The summed E-state index contributed by atoms with van der Waals surface area (Å²) in [5.41, 5.74) is -0.264. The number of hydrogen-bond donors (Lipinski definition) is 1. The molecule has 4 heteroatoms. The standard InChI is InChI=1S/C15H13BrF2O/c1-15(19,11-3-2-4-12(16)7-11)9-10-5-6-13(17)8-14(10)18/h2-8,19H,9H2,1H3. The van der Waals surface area contributed by atoms with Crippen molar-refractivity contribution in [3.8, 4) is 0 Å². The van der Waals surface area contributed by atoms with Crippen LogP contribution in [0.5, 0.6) is 0 Å². The zero-order valence-electron chi connectivity index (χ0n) is 10.3. The van der Waals surface area contributed by atoms with Crippen molar-refractivity contribution in [2.75, 3.05) is 0 Å². The van der Waals surface area contributed by atoms with Crippen LogP contribution in [0.2, 0.25) is 0 Å². The Morgan fingerprint density at radius 3 is 2.53 bits per heavy atom. The molecule has 19 heavy (non-hydrogen) atoms. The fourth-order valence-electron chi connectivity index (χ4n) is 1.96. The summed E-state index contributed by atoms with van der Waals surface area (Å²) in [6, 6.07) is 10.6. The van der Waals surface area contributed by atoms with Gasteiger partial charge in [-0.05, 0) is 36.2 Å². The highest BCUT2D eigenvalue weighted by molar-refractivity contribution is 9.10. The van der Waals surface area contributed by atoms with Crippen LogP contribution in [0.4, 0.5) is 8.78 Å². The molecule has 0 amide bonds. The highest BCUT2D eigenvalue weighted by Crippen LogP contribution is 2.28. The van der Waals surface area contributed by atoms with E-state index in [-0.39, 0.29) is 12.0 Å². The molecule has 0 saturated heterocycles. The number of benzene rings is 2. The first-order valence-corrected chi connectivity index (χ1v) is 6.60. The number of aliphatic hydroxyl groups is 1. The number of halogens is 3. The van der Waals surface area contributed by atoms with Crippen LogP contribution in [-0.4, -0.2) is 5.11 Å². The lowest BCUT2D eigenvalue weighted by Crippen LogP contribution is -2.24. The van der Waals surface area contributed by atoms with Gasteiger partial charge in [0.2, 0.25) is 0 Å². The van der Waals surface area contributed by atoms with Crippen molar-refractivity contribution >= 4 is 15.9 Å². The van der Waals surface area contributed by atoms with E-state index in [1.165, 1.54) is 12.1 Å². The molecule has 2 rings (SSSR count). The van der Waals surface area contributed by atoms with Gasteiger partial charge in [0.1, 0.15) is 11.6 Å². The third kappa shape index (κ3) is 3.39. The van der Waals surface area contributed by atoms with Crippen molar-refractivity contribution in [1.29, 1.82) is 0 Å². The van der Waals surface area contributed by atoms with E-state index in [1.807, 2.05) is 6.07 Å². The van der Waals surface area contributed by atoms with E-state index < -0.39 is 17.2 Å². The number of hydrogen-bond acceptors (Lipinski definition) is 1. The van der Waals surface area contributed by atoms with E-state index in [2.05, 4.69) is 15.9 Å². The van der Waals surface area contributed by atoms with Crippen LogP contribution in [0.1, 0.15) is 18.1 Å².